The summed E-state index contributed by atoms with van der Waals surface area (Å²) in [6, 6.07) is 10.3. The van der Waals surface area contributed by atoms with E-state index in [1.165, 1.54) is 36.3 Å². The quantitative estimate of drug-likeness (QED) is 0.0734. The summed E-state index contributed by atoms with van der Waals surface area (Å²) in [6.45, 7) is 4.42. The van der Waals surface area contributed by atoms with E-state index >= 15 is 0 Å². The second-order valence-corrected chi connectivity index (χ2v) is 17.3. The number of nitrogens with zero attached hydrogens (tertiary/aromatic N) is 9. The molecule has 0 atom stereocenters. The van der Waals surface area contributed by atoms with Crippen molar-refractivity contribution in [2.45, 2.75) is 41.5 Å². The van der Waals surface area contributed by atoms with Gasteiger partial charge in [0.05, 0.1) is 42.9 Å². The van der Waals surface area contributed by atoms with Gasteiger partial charge in [0.1, 0.15) is 0 Å². The molecular weight excluding hydrogens is 1030 g/mol. The molecule has 9 N–H and O–H groups in total. The molecule has 0 bridgehead atoms. The lowest BCUT2D eigenvalue weighted by Crippen LogP contribution is -2.10. The van der Waals surface area contributed by atoms with Gasteiger partial charge in [0.2, 0.25) is 29.7 Å². The molecule has 6 rings (SSSR count). The highest BCUT2D eigenvalue weighted by molar-refractivity contribution is 14.2. The smallest absolute Gasteiger partial charge is 0.257 e. The SMILES string of the molecule is CCCC(I)I.CCCCI.COc1ncc(-c2ccnc(N)n2)cc1-c1ccnc(N)n1.Nc1nccc(-c2c[nH]c(=O)c(-c3ccnc(N)n3)c2)n1. The Morgan fingerprint density at radius 2 is 1.15 bits per heavy atom. The fourth-order valence-corrected chi connectivity index (χ4v) is 6.24. The van der Waals surface area contributed by atoms with Gasteiger partial charge < -0.3 is 32.7 Å². The van der Waals surface area contributed by atoms with Crippen molar-refractivity contribution in [1.29, 1.82) is 0 Å². The Morgan fingerprint density at radius 1 is 0.685 bits per heavy atom. The van der Waals surface area contributed by atoms with Gasteiger partial charge in [-0.1, -0.05) is 94.5 Å². The molecule has 0 fully saturated rings. The van der Waals surface area contributed by atoms with Gasteiger partial charge in [0.15, 0.2) is 0 Å². The van der Waals surface area contributed by atoms with E-state index in [-0.39, 0.29) is 29.4 Å². The van der Waals surface area contributed by atoms with E-state index in [2.05, 4.69) is 131 Å². The number of anilines is 4. The van der Waals surface area contributed by atoms with Gasteiger partial charge in [-0.25, -0.2) is 44.9 Å². The number of rotatable bonds is 9. The normalized spacial score (nSPS) is 10.2. The summed E-state index contributed by atoms with van der Waals surface area (Å²) in [4.78, 5) is 50.8. The van der Waals surface area contributed by atoms with Crippen molar-refractivity contribution in [2.24, 2.45) is 0 Å². The number of hydrogen-bond acceptors (Lipinski definition) is 15. The van der Waals surface area contributed by atoms with Gasteiger partial charge in [-0.15, -0.1) is 0 Å². The van der Waals surface area contributed by atoms with Crippen LogP contribution in [-0.4, -0.2) is 63.3 Å². The molecule has 0 unspecified atom stereocenters. The fourth-order valence-electron chi connectivity index (χ4n) is 4.23. The maximum absolute atomic E-state index is 12.0. The predicted octanol–water partition coefficient (Wildman–Crippen LogP) is 6.83. The largest absolute Gasteiger partial charge is 0.481 e. The highest BCUT2D eigenvalue weighted by Gasteiger charge is 2.13. The summed E-state index contributed by atoms with van der Waals surface area (Å²) >= 11 is 7.25. The minimum atomic E-state index is -0.279. The van der Waals surface area contributed by atoms with E-state index < -0.39 is 0 Å². The molecule has 0 aliphatic carbocycles. The Balaban J connectivity index is 0.000000229. The zero-order valence-electron chi connectivity index (χ0n) is 29.8. The molecule has 19 heteroatoms. The first-order valence-electron chi connectivity index (χ1n) is 16.5. The summed E-state index contributed by atoms with van der Waals surface area (Å²) in [5.41, 5.74) is 26.9. The minimum absolute atomic E-state index is 0.101. The van der Waals surface area contributed by atoms with Crippen LogP contribution in [0.5, 0.6) is 5.88 Å². The predicted molar refractivity (Wildman–Crippen MR) is 240 cm³/mol. The summed E-state index contributed by atoms with van der Waals surface area (Å²) in [5, 5.41) is 0. The molecule has 0 saturated carbocycles. The van der Waals surface area contributed by atoms with E-state index in [1.54, 1.807) is 68.4 Å². The molecule has 0 saturated heterocycles. The molecule has 16 nitrogen and oxygen atoms in total. The van der Waals surface area contributed by atoms with Crippen LogP contribution in [0.15, 0.2) is 78.4 Å². The number of nitrogens with one attached hydrogen (secondary N) is 1. The fraction of sp³-hybridized carbons (Fsp3) is 0.257. The maximum atomic E-state index is 12.0. The third kappa shape index (κ3) is 14.4. The highest BCUT2D eigenvalue weighted by atomic mass is 127. The van der Waals surface area contributed by atoms with Gasteiger partial charge in [0, 0.05) is 48.3 Å². The summed E-state index contributed by atoms with van der Waals surface area (Å²) < 4.78 is 7.44. The molecule has 0 aromatic carbocycles. The van der Waals surface area contributed by atoms with Gasteiger partial charge in [-0.05, 0) is 53.7 Å². The summed E-state index contributed by atoms with van der Waals surface area (Å²) in [6.07, 6.45) is 14.8. The lowest BCUT2D eigenvalue weighted by atomic mass is 10.1. The average Bonchev–Trinajstić information content (AvgIpc) is 3.16. The Hall–Kier alpha value is -4.39. The first-order valence-corrected chi connectivity index (χ1v) is 20.5. The Bertz CT molecular complexity index is 2120. The molecular formula is C35H41I3N14O2. The van der Waals surface area contributed by atoms with Crippen LogP contribution in [0.2, 0.25) is 0 Å². The summed E-state index contributed by atoms with van der Waals surface area (Å²) in [7, 11) is 1.54. The maximum Gasteiger partial charge on any atom is 0.257 e. The number of unbranched alkanes of at least 4 members (excludes halogenated alkanes) is 1. The van der Waals surface area contributed by atoms with Crippen LogP contribution in [0, 0.1) is 0 Å². The topological polar surface area (TPSA) is 262 Å². The molecule has 0 amide bonds. The number of nitrogens with two attached hydrogens (primary N) is 4. The summed E-state index contributed by atoms with van der Waals surface area (Å²) in [5.74, 6) is 1.07. The van der Waals surface area contributed by atoms with Crippen molar-refractivity contribution in [3.8, 4) is 50.9 Å². The van der Waals surface area contributed by atoms with Crippen LogP contribution in [0.1, 0.15) is 39.5 Å². The number of pyridine rings is 2. The lowest BCUT2D eigenvalue weighted by Gasteiger charge is -2.09. The van der Waals surface area contributed by atoms with Crippen LogP contribution in [0.3, 0.4) is 0 Å². The van der Waals surface area contributed by atoms with Crippen molar-refractivity contribution in [1.82, 2.24) is 49.8 Å². The zero-order valence-corrected chi connectivity index (χ0v) is 36.3. The first kappa shape index (κ1) is 44.0. The van der Waals surface area contributed by atoms with E-state index in [9.17, 15) is 4.79 Å². The van der Waals surface area contributed by atoms with E-state index in [1.807, 2.05) is 6.07 Å². The molecule has 0 aliphatic heterocycles. The molecule has 284 valence electrons. The standard InChI is InChI=1S/C14H13N7O.C13H11N7O.C4H8I2.C4H9I/c1-22-12-9(11-3-5-18-14(16)21-11)6-8(7-19-12)10-2-4-17-13(15)20-10;14-12-16-3-1-9(19-12)7-5-8(11(21)18-6-7)10-2-4-17-13(15)20-10;1-2-3-4(5)6;1-2-3-4-5/h2-7H,1H3,(H2,15,17,20)(H2,16,18,21);1-6H,(H,18,21)(H2,14,16,19)(H2,15,17,20);4H,2-3H2,1H3;2-4H2,1H3. The van der Waals surface area contributed by atoms with E-state index in [0.717, 1.165) is 7.49 Å². The van der Waals surface area contributed by atoms with Crippen LogP contribution < -0.4 is 33.2 Å². The number of halogens is 3. The number of nitrogen functional groups attached to an aromatic ring is 4. The molecule has 54 heavy (non-hydrogen) atoms. The number of methoxy groups -OCH3 is 1. The Kier molecular flexibility index (Phi) is 19.1. The van der Waals surface area contributed by atoms with Crippen molar-refractivity contribution in [3.63, 3.8) is 0 Å². The minimum Gasteiger partial charge on any atom is -0.481 e. The van der Waals surface area contributed by atoms with E-state index in [4.69, 9.17) is 27.7 Å². The number of hydrogen-bond donors (Lipinski definition) is 5. The zero-order chi connectivity index (χ0) is 39.5. The number of H-pyrrole nitrogens is 1. The highest BCUT2D eigenvalue weighted by Crippen LogP contribution is 2.31. The van der Waals surface area contributed by atoms with Crippen molar-refractivity contribution in [3.05, 3.63) is 83.9 Å². The van der Waals surface area contributed by atoms with Gasteiger partial charge >= 0.3 is 0 Å². The van der Waals surface area contributed by atoms with Crippen LogP contribution in [-0.2, 0) is 0 Å². The molecule has 6 aromatic heterocycles. The van der Waals surface area contributed by atoms with Crippen molar-refractivity contribution < 1.29 is 4.74 Å². The van der Waals surface area contributed by atoms with E-state index in [0.29, 0.717) is 45.3 Å². The molecule has 0 radical (unpaired) electrons. The van der Waals surface area contributed by atoms with Gasteiger partial charge in [-0.3, -0.25) is 4.79 Å². The third-order valence-electron chi connectivity index (χ3n) is 6.78. The van der Waals surface area contributed by atoms with Gasteiger partial charge in [-0.2, -0.15) is 0 Å². The Morgan fingerprint density at radius 3 is 1.56 bits per heavy atom. The molecule has 6 aromatic rings. The third-order valence-corrected chi connectivity index (χ3v) is 8.79. The van der Waals surface area contributed by atoms with Crippen LogP contribution in [0.4, 0.5) is 23.8 Å². The first-order chi connectivity index (χ1) is 26.0. The lowest BCUT2D eigenvalue weighted by molar-refractivity contribution is 0.399. The number of aromatic amines is 1. The number of aromatic nitrogens is 10. The van der Waals surface area contributed by atoms with Crippen LogP contribution >= 0.6 is 67.8 Å². The molecule has 6 heterocycles. The monoisotopic (exact) mass is 1070 g/mol. The number of ether oxygens (including phenoxy) is 1. The second-order valence-electron chi connectivity index (χ2n) is 10.8. The Labute approximate surface area is 354 Å². The average molecular weight is 1070 g/mol. The van der Waals surface area contributed by atoms with Crippen molar-refractivity contribution in [2.75, 3.05) is 34.5 Å². The van der Waals surface area contributed by atoms with Crippen LogP contribution in [0.25, 0.3) is 45.0 Å². The van der Waals surface area contributed by atoms with Crippen molar-refractivity contribution >= 4 is 91.6 Å². The number of alkyl halides is 3. The molecule has 0 spiro atoms. The van der Waals surface area contributed by atoms with Gasteiger partial charge in [0.25, 0.3) is 5.56 Å². The molecule has 0 aliphatic rings. The second kappa shape index (κ2) is 23.4.